The highest BCUT2D eigenvalue weighted by molar-refractivity contribution is 6.03. The van der Waals surface area contributed by atoms with Crippen LogP contribution in [0.25, 0.3) is 11.5 Å². The van der Waals surface area contributed by atoms with Gasteiger partial charge in [0.1, 0.15) is 43.1 Å². The van der Waals surface area contributed by atoms with Gasteiger partial charge >= 0.3 is 6.18 Å². The van der Waals surface area contributed by atoms with Gasteiger partial charge in [0.2, 0.25) is 23.6 Å². The second-order valence-electron chi connectivity index (χ2n) is 20.9. The maximum absolute atomic E-state index is 14.7. The van der Waals surface area contributed by atoms with E-state index in [1.807, 2.05) is 51.1 Å². The first-order chi connectivity index (χ1) is 38.4. The molecule has 5 aromatic rings. The van der Waals surface area contributed by atoms with Crippen LogP contribution in [0.3, 0.4) is 0 Å². The van der Waals surface area contributed by atoms with Gasteiger partial charge in [-0.15, -0.1) is 0 Å². The summed E-state index contributed by atoms with van der Waals surface area (Å²) < 4.78 is 73.8. The number of nitrogens with one attached hydrogen (secondary N) is 5. The number of ether oxygens (including phenoxy) is 5. The largest absolute Gasteiger partial charge is 0.491 e. The number of carbonyl (C=O) groups excluding carboxylic acids is 4. The van der Waals surface area contributed by atoms with Crippen LogP contribution >= 0.6 is 0 Å². The highest BCUT2D eigenvalue weighted by atomic mass is 19.4. The Morgan fingerprint density at radius 2 is 1.57 bits per heavy atom. The Kier molecular flexibility index (Phi) is 22.0. The molecule has 4 heterocycles. The lowest BCUT2D eigenvalue weighted by Crippen LogP contribution is -2.62. The first-order valence-electron chi connectivity index (χ1n) is 27.1. The second-order valence-corrected chi connectivity index (χ2v) is 20.9. The van der Waals surface area contributed by atoms with Crippen LogP contribution in [0.1, 0.15) is 97.9 Å². The second kappa shape index (κ2) is 29.0. The zero-order valence-electron chi connectivity index (χ0n) is 46.4. The third kappa shape index (κ3) is 17.8. The van der Waals surface area contributed by atoms with Crippen molar-refractivity contribution >= 4 is 35.1 Å². The highest BCUT2D eigenvalue weighted by Crippen LogP contribution is 2.34. The maximum Gasteiger partial charge on any atom is 0.405 e. The van der Waals surface area contributed by atoms with Crippen LogP contribution in [0, 0.1) is 5.41 Å². The topological polar surface area (TPSA) is 235 Å². The monoisotopic (exact) mass is 1120 g/mol. The minimum absolute atomic E-state index is 0.0156. The number of hydrogen-bond acceptors (Lipinski definition) is 15. The van der Waals surface area contributed by atoms with Gasteiger partial charge in [0, 0.05) is 44.6 Å². The van der Waals surface area contributed by atoms with Gasteiger partial charge in [0.25, 0.3) is 5.91 Å². The standard InChI is InChI=1S/C57H75F3N10O10/c1-37(61-5)51(71)67-50(56(2,3)4)55(74)70-33-41-30-42(18-17-39(41)31-48(70)53(73)64-44-16-11-13-38-12-7-8-14-43(38)44)79-29-28-78-27-26-77-25-24-76-23-22-75-21-10-9-15-45-46(34-69(6)68-45)65-52(72)47-35-80-54(66-47)40-19-20-62-49(32-40)63-36-57(58,59)60/h7-8,12,14,17-20,30,32,34-35,37,44,48,50,61H,9-11,13,15-16,21-29,31,33,36H2,1-6H3,(H,62,63)(H,64,73)(H,65,72)(H,67,71)/t37-,44+,48-,50+/m0/s1. The molecule has 2 aliphatic rings. The van der Waals surface area contributed by atoms with Gasteiger partial charge in [-0.1, -0.05) is 51.1 Å². The molecule has 3 aromatic heterocycles. The normalized spacial score (nSPS) is 16.0. The smallest absolute Gasteiger partial charge is 0.405 e. The van der Waals surface area contributed by atoms with E-state index in [9.17, 15) is 32.3 Å². The van der Waals surface area contributed by atoms with Crippen molar-refractivity contribution in [1.29, 1.82) is 0 Å². The highest BCUT2D eigenvalue weighted by Gasteiger charge is 2.43. The quantitative estimate of drug-likeness (QED) is 0.0312. The summed E-state index contributed by atoms with van der Waals surface area (Å²) in [6.45, 7) is 9.84. The summed E-state index contributed by atoms with van der Waals surface area (Å²) in [6.07, 6.45) is 4.87. The van der Waals surface area contributed by atoms with Crippen LogP contribution in [0.2, 0.25) is 0 Å². The number of likely N-dealkylation sites (N-methyl/N-ethyl adjacent to an activating group) is 1. The lowest BCUT2D eigenvalue weighted by Gasteiger charge is -2.41. The fourth-order valence-corrected chi connectivity index (χ4v) is 9.35. The van der Waals surface area contributed by atoms with Crippen LogP contribution in [0.5, 0.6) is 5.75 Å². The number of alkyl halides is 3. The molecule has 4 atom stereocenters. The van der Waals surface area contributed by atoms with E-state index < -0.39 is 42.2 Å². The summed E-state index contributed by atoms with van der Waals surface area (Å²) in [6, 6.07) is 14.4. The summed E-state index contributed by atoms with van der Waals surface area (Å²) in [5.41, 5.74) is 5.03. The number of fused-ring (bicyclic) bond motifs is 2. The van der Waals surface area contributed by atoms with Crippen LogP contribution < -0.4 is 31.3 Å². The minimum atomic E-state index is -4.42. The van der Waals surface area contributed by atoms with E-state index in [2.05, 4.69) is 53.8 Å². The number of aryl methyl sites for hydroxylation is 3. The van der Waals surface area contributed by atoms with Gasteiger partial charge in [-0.25, -0.2) is 9.97 Å². The number of amides is 4. The van der Waals surface area contributed by atoms with Gasteiger partial charge in [0.05, 0.1) is 69.7 Å². The van der Waals surface area contributed by atoms with Crippen molar-refractivity contribution in [2.75, 3.05) is 83.7 Å². The van der Waals surface area contributed by atoms with Gasteiger partial charge in [-0.05, 0) is 104 Å². The van der Waals surface area contributed by atoms with Crippen LogP contribution in [-0.2, 0) is 66.2 Å². The third-order valence-corrected chi connectivity index (χ3v) is 13.7. The van der Waals surface area contributed by atoms with Crippen LogP contribution in [-0.4, -0.2) is 146 Å². The first-order valence-corrected chi connectivity index (χ1v) is 27.1. The molecule has 0 saturated heterocycles. The van der Waals surface area contributed by atoms with E-state index in [1.165, 1.54) is 30.2 Å². The number of hydrogen-bond donors (Lipinski definition) is 5. The van der Waals surface area contributed by atoms with E-state index in [4.69, 9.17) is 28.1 Å². The van der Waals surface area contributed by atoms with Crippen molar-refractivity contribution in [3.63, 3.8) is 0 Å². The average Bonchev–Trinajstić information content (AvgIpc) is 4.12. The number of nitrogens with zero attached hydrogens (tertiary/aromatic N) is 5. The SMILES string of the molecule is CN[C@@H](C)C(=O)N[C@H](C(=O)N1Cc2cc(OCCOCCOCCOCCOCCCCc3nn(C)cc3NC(=O)c3coc(-c4ccnc(NCC(F)(F)F)c4)n3)ccc2C[C@H]1C(=O)N[C@@H]1CCCc2ccccc21)C(C)(C)C. The third-order valence-electron chi connectivity index (χ3n) is 13.7. The molecular weight excluding hydrogens is 1040 g/mol. The lowest BCUT2D eigenvalue weighted by molar-refractivity contribution is -0.147. The Morgan fingerprint density at radius 1 is 0.863 bits per heavy atom. The summed E-state index contributed by atoms with van der Waals surface area (Å²) >= 11 is 0. The van der Waals surface area contributed by atoms with Crippen molar-refractivity contribution in [3.8, 4) is 17.2 Å². The van der Waals surface area contributed by atoms with E-state index in [-0.39, 0.29) is 54.3 Å². The zero-order valence-corrected chi connectivity index (χ0v) is 46.4. The van der Waals surface area contributed by atoms with Gasteiger partial charge in [0.15, 0.2) is 5.69 Å². The molecule has 1 aliphatic heterocycles. The van der Waals surface area contributed by atoms with Crippen LogP contribution in [0.4, 0.5) is 24.7 Å². The number of rotatable bonds is 29. The Hall–Kier alpha value is -6.92. The Balaban J connectivity index is 0.760. The molecule has 434 valence electrons. The molecule has 5 N–H and O–H groups in total. The zero-order chi connectivity index (χ0) is 57.2. The summed E-state index contributed by atoms with van der Waals surface area (Å²) in [7, 11) is 3.44. The summed E-state index contributed by atoms with van der Waals surface area (Å²) in [5.74, 6) is -0.741. The Bertz CT molecular complexity index is 2840. The number of carbonyl (C=O) groups is 4. The molecule has 80 heavy (non-hydrogen) atoms. The van der Waals surface area contributed by atoms with Crippen molar-refractivity contribution in [2.45, 2.75) is 110 Å². The molecule has 0 radical (unpaired) electrons. The number of aromatic nitrogens is 4. The van der Waals surface area contributed by atoms with Gasteiger partial charge in [-0.3, -0.25) is 23.9 Å². The number of pyridine rings is 1. The van der Waals surface area contributed by atoms with Crippen molar-refractivity contribution < 1.29 is 60.5 Å². The molecule has 20 nitrogen and oxygen atoms in total. The molecule has 0 fully saturated rings. The van der Waals surface area contributed by atoms with Gasteiger partial charge in [-0.2, -0.15) is 18.3 Å². The van der Waals surface area contributed by atoms with Gasteiger partial charge < -0.3 is 59.6 Å². The van der Waals surface area contributed by atoms with Crippen molar-refractivity contribution in [3.05, 3.63) is 107 Å². The minimum Gasteiger partial charge on any atom is -0.491 e. The number of halogens is 3. The first kappa shape index (κ1) is 60.7. The number of unbranched alkanes of at least 4 members (excludes halogenated alkanes) is 1. The molecule has 0 spiro atoms. The van der Waals surface area contributed by atoms with E-state index in [0.29, 0.717) is 88.4 Å². The fraction of sp³-hybridized carbons (Fsp3) is 0.526. The summed E-state index contributed by atoms with van der Waals surface area (Å²) in [4.78, 5) is 65.0. The molecule has 4 amide bonds. The summed E-state index contributed by atoms with van der Waals surface area (Å²) in [5, 5.41) is 18.7. The predicted molar refractivity (Wildman–Crippen MR) is 292 cm³/mol. The molecule has 23 heteroatoms. The molecule has 1 aliphatic carbocycles. The van der Waals surface area contributed by atoms with Crippen molar-refractivity contribution in [2.24, 2.45) is 12.5 Å². The molecule has 0 unspecified atom stereocenters. The molecule has 7 rings (SSSR count). The van der Waals surface area contributed by atoms with E-state index in [1.54, 1.807) is 36.8 Å². The molecular formula is C57H75F3N10O10. The lowest BCUT2D eigenvalue weighted by atomic mass is 9.83. The number of oxazole rings is 1. The van der Waals surface area contributed by atoms with Crippen molar-refractivity contribution in [1.82, 2.24) is 40.6 Å². The number of benzene rings is 2. The fourth-order valence-electron chi connectivity index (χ4n) is 9.35. The molecule has 0 bridgehead atoms. The average molecular weight is 1120 g/mol. The number of anilines is 2. The Labute approximate surface area is 464 Å². The van der Waals surface area contributed by atoms with Crippen LogP contribution in [0.15, 0.2) is 77.7 Å². The van der Waals surface area contributed by atoms with E-state index >= 15 is 0 Å². The van der Waals surface area contributed by atoms with E-state index in [0.717, 1.165) is 48.8 Å². The maximum atomic E-state index is 14.7. The molecule has 0 saturated carbocycles. The Morgan fingerprint density at radius 3 is 2.29 bits per heavy atom. The predicted octanol–water partition coefficient (Wildman–Crippen LogP) is 6.75. The molecule has 2 aromatic carbocycles.